The van der Waals surface area contributed by atoms with E-state index in [-0.39, 0.29) is 0 Å². The highest BCUT2D eigenvalue weighted by atomic mass is 15.1. The van der Waals surface area contributed by atoms with E-state index in [1.54, 1.807) is 0 Å². The number of rotatable bonds is 5. The van der Waals surface area contributed by atoms with Crippen LogP contribution < -0.4 is 0 Å². The van der Waals surface area contributed by atoms with Gasteiger partial charge >= 0.3 is 0 Å². The van der Waals surface area contributed by atoms with Crippen LogP contribution in [-0.4, -0.2) is 25.0 Å². The number of unbranched alkanes of at least 4 members (excludes halogenated alkanes) is 1. The van der Waals surface area contributed by atoms with E-state index in [1.165, 1.54) is 25.3 Å². The van der Waals surface area contributed by atoms with Gasteiger partial charge in [0.25, 0.3) is 0 Å². The number of nitrogens with zero attached hydrogens (tertiary/aromatic N) is 1. The van der Waals surface area contributed by atoms with Crippen molar-refractivity contribution in [3.8, 4) is 0 Å². The Morgan fingerprint density at radius 1 is 1.30 bits per heavy atom. The molecule has 0 aliphatic carbocycles. The lowest BCUT2D eigenvalue weighted by Crippen LogP contribution is -2.23. The van der Waals surface area contributed by atoms with E-state index in [0.717, 1.165) is 6.54 Å². The molecule has 61 valence electrons. The van der Waals surface area contributed by atoms with Crippen molar-refractivity contribution in [2.45, 2.75) is 33.6 Å². The molecule has 0 aromatic heterocycles. The molecule has 0 aliphatic rings. The summed E-state index contributed by atoms with van der Waals surface area (Å²) in [6.45, 7) is 8.99. The molecule has 10 heavy (non-hydrogen) atoms. The summed E-state index contributed by atoms with van der Waals surface area (Å²) in [6.07, 6.45) is 2.62. The smallest absolute Gasteiger partial charge is 0.00352 e. The summed E-state index contributed by atoms with van der Waals surface area (Å²) in [7, 11) is 2.18. The topological polar surface area (TPSA) is 3.24 Å². The molecule has 0 bridgehead atoms. The maximum atomic E-state index is 2.37. The predicted molar refractivity (Wildman–Crippen MR) is 47.0 cm³/mol. The molecule has 0 atom stereocenters. The van der Waals surface area contributed by atoms with Gasteiger partial charge in [-0.3, -0.25) is 0 Å². The largest absolute Gasteiger partial charge is 0.306 e. The standard InChI is InChI=1S/C9H20N/c1-5-6-7-10(4)8-9(2)3/h5-8H2,1-4H3. The van der Waals surface area contributed by atoms with Gasteiger partial charge in [0.1, 0.15) is 0 Å². The first-order chi connectivity index (χ1) is 4.66. The van der Waals surface area contributed by atoms with E-state index in [0.29, 0.717) is 0 Å². The third-order valence-corrected chi connectivity index (χ3v) is 1.48. The minimum Gasteiger partial charge on any atom is -0.306 e. The minimum atomic E-state index is 1.15. The highest BCUT2D eigenvalue weighted by Crippen LogP contribution is 1.99. The molecule has 0 rings (SSSR count). The van der Waals surface area contributed by atoms with E-state index in [4.69, 9.17) is 0 Å². The van der Waals surface area contributed by atoms with Crippen molar-refractivity contribution in [1.82, 2.24) is 4.90 Å². The Morgan fingerprint density at radius 3 is 2.30 bits per heavy atom. The normalized spacial score (nSPS) is 11.4. The van der Waals surface area contributed by atoms with E-state index in [9.17, 15) is 0 Å². The molecular formula is C9H20N. The molecule has 0 heterocycles. The van der Waals surface area contributed by atoms with Crippen LogP contribution in [0.4, 0.5) is 0 Å². The second-order valence-electron chi connectivity index (χ2n) is 3.30. The van der Waals surface area contributed by atoms with Gasteiger partial charge in [-0.15, -0.1) is 0 Å². The van der Waals surface area contributed by atoms with Crippen LogP contribution in [0.15, 0.2) is 0 Å². The summed E-state index contributed by atoms with van der Waals surface area (Å²) in [5.41, 5.74) is 0. The summed E-state index contributed by atoms with van der Waals surface area (Å²) in [5, 5.41) is 0. The highest BCUT2D eigenvalue weighted by molar-refractivity contribution is 4.80. The van der Waals surface area contributed by atoms with Crippen molar-refractivity contribution in [2.75, 3.05) is 20.1 Å². The van der Waals surface area contributed by atoms with Gasteiger partial charge in [0.05, 0.1) is 0 Å². The summed E-state index contributed by atoms with van der Waals surface area (Å²) >= 11 is 0. The Labute approximate surface area is 65.4 Å². The number of hydrogen-bond donors (Lipinski definition) is 0. The van der Waals surface area contributed by atoms with Crippen molar-refractivity contribution in [3.05, 3.63) is 5.92 Å². The third kappa shape index (κ3) is 6.09. The van der Waals surface area contributed by atoms with Crippen molar-refractivity contribution in [1.29, 1.82) is 0 Å². The van der Waals surface area contributed by atoms with Gasteiger partial charge in [0.2, 0.25) is 0 Å². The second kappa shape index (κ2) is 5.72. The van der Waals surface area contributed by atoms with Gasteiger partial charge in [-0.25, -0.2) is 0 Å². The molecular weight excluding hydrogens is 122 g/mol. The van der Waals surface area contributed by atoms with Crippen molar-refractivity contribution in [2.24, 2.45) is 0 Å². The summed E-state index contributed by atoms with van der Waals surface area (Å²) < 4.78 is 0. The van der Waals surface area contributed by atoms with Crippen LogP contribution in [0.5, 0.6) is 0 Å². The van der Waals surface area contributed by atoms with Gasteiger partial charge in [-0.05, 0) is 25.9 Å². The molecule has 1 nitrogen and oxygen atoms in total. The van der Waals surface area contributed by atoms with Crippen LogP contribution in [0.1, 0.15) is 33.6 Å². The lowest BCUT2D eigenvalue weighted by molar-refractivity contribution is 0.340. The molecule has 1 heteroatoms. The Kier molecular flexibility index (Phi) is 5.70. The van der Waals surface area contributed by atoms with Crippen molar-refractivity contribution < 1.29 is 0 Å². The lowest BCUT2D eigenvalue weighted by atomic mass is 10.2. The fourth-order valence-corrected chi connectivity index (χ4v) is 1.05. The average Bonchev–Trinajstić information content (AvgIpc) is 1.82. The van der Waals surface area contributed by atoms with Crippen LogP contribution in [-0.2, 0) is 0 Å². The molecule has 0 amide bonds. The first-order valence-electron chi connectivity index (χ1n) is 4.14. The van der Waals surface area contributed by atoms with Crippen LogP contribution in [0.3, 0.4) is 0 Å². The van der Waals surface area contributed by atoms with Gasteiger partial charge in [-0.1, -0.05) is 27.2 Å². The Bertz CT molecular complexity index is 69.1. The van der Waals surface area contributed by atoms with Crippen molar-refractivity contribution >= 4 is 0 Å². The van der Waals surface area contributed by atoms with E-state index in [1.807, 2.05) is 0 Å². The fourth-order valence-electron chi connectivity index (χ4n) is 1.05. The van der Waals surface area contributed by atoms with Crippen LogP contribution in [0.2, 0.25) is 0 Å². The molecule has 0 aromatic carbocycles. The summed E-state index contributed by atoms with van der Waals surface area (Å²) in [6, 6.07) is 0. The quantitative estimate of drug-likeness (QED) is 0.569. The van der Waals surface area contributed by atoms with E-state index < -0.39 is 0 Å². The van der Waals surface area contributed by atoms with Crippen LogP contribution in [0.25, 0.3) is 0 Å². The Morgan fingerprint density at radius 2 is 1.90 bits per heavy atom. The molecule has 0 N–H and O–H groups in total. The van der Waals surface area contributed by atoms with Crippen LogP contribution in [0, 0.1) is 5.92 Å². The molecule has 0 aromatic rings. The van der Waals surface area contributed by atoms with Gasteiger partial charge in [0, 0.05) is 6.54 Å². The number of hydrogen-bond acceptors (Lipinski definition) is 1. The fraction of sp³-hybridized carbons (Fsp3) is 0.889. The lowest BCUT2D eigenvalue weighted by Gasteiger charge is -2.17. The van der Waals surface area contributed by atoms with Gasteiger partial charge < -0.3 is 4.90 Å². The van der Waals surface area contributed by atoms with E-state index in [2.05, 4.69) is 32.7 Å². The van der Waals surface area contributed by atoms with Gasteiger partial charge in [0.15, 0.2) is 0 Å². The summed E-state index contributed by atoms with van der Waals surface area (Å²) in [5.74, 6) is 1.50. The second-order valence-corrected chi connectivity index (χ2v) is 3.30. The first-order valence-corrected chi connectivity index (χ1v) is 4.14. The van der Waals surface area contributed by atoms with Gasteiger partial charge in [-0.2, -0.15) is 0 Å². The molecule has 0 saturated carbocycles. The molecule has 1 radical (unpaired) electrons. The van der Waals surface area contributed by atoms with Crippen molar-refractivity contribution in [3.63, 3.8) is 0 Å². The predicted octanol–water partition coefficient (Wildman–Crippen LogP) is 2.33. The van der Waals surface area contributed by atoms with Crippen LogP contribution >= 0.6 is 0 Å². The molecule has 0 unspecified atom stereocenters. The zero-order valence-corrected chi connectivity index (χ0v) is 7.78. The first kappa shape index (κ1) is 9.96. The molecule has 0 saturated heterocycles. The Balaban J connectivity index is 3.16. The van der Waals surface area contributed by atoms with E-state index >= 15 is 0 Å². The monoisotopic (exact) mass is 142 g/mol. The third-order valence-electron chi connectivity index (χ3n) is 1.48. The highest BCUT2D eigenvalue weighted by Gasteiger charge is 1.99. The SMILES string of the molecule is CCCCN(C)C[C](C)C. The zero-order chi connectivity index (χ0) is 7.98. The molecule has 0 spiro atoms. The minimum absolute atomic E-state index is 1.15. The Hall–Kier alpha value is -0.0400. The maximum Gasteiger partial charge on any atom is 0.00352 e. The molecule has 0 fully saturated rings. The summed E-state index contributed by atoms with van der Waals surface area (Å²) in [4.78, 5) is 2.37. The zero-order valence-electron chi connectivity index (χ0n) is 7.78. The maximum absolute atomic E-state index is 2.37. The average molecular weight is 142 g/mol. The molecule has 0 aliphatic heterocycles.